The summed E-state index contributed by atoms with van der Waals surface area (Å²) in [6.07, 6.45) is 3.53. The molecule has 1 aliphatic heterocycles. The molecule has 2 heterocycles. The summed E-state index contributed by atoms with van der Waals surface area (Å²) in [4.78, 5) is 4.37. The lowest BCUT2D eigenvalue weighted by molar-refractivity contribution is 0.00755. The number of halogens is 1. The first-order valence-corrected chi connectivity index (χ1v) is 5.56. The van der Waals surface area contributed by atoms with E-state index in [2.05, 4.69) is 15.5 Å². The van der Waals surface area contributed by atoms with Gasteiger partial charge >= 0.3 is 0 Å². The van der Waals surface area contributed by atoms with Crippen molar-refractivity contribution in [1.82, 2.24) is 15.5 Å². The average Bonchev–Trinajstić information content (AvgIpc) is 2.96. The summed E-state index contributed by atoms with van der Waals surface area (Å²) in [6, 6.07) is 0. The summed E-state index contributed by atoms with van der Waals surface area (Å²) in [6.45, 7) is 2.38. The van der Waals surface area contributed by atoms with Crippen molar-refractivity contribution in [2.75, 3.05) is 19.7 Å². The summed E-state index contributed by atoms with van der Waals surface area (Å²) in [7, 11) is 0. The number of aromatic nitrogens is 2. The van der Waals surface area contributed by atoms with Gasteiger partial charge in [-0.05, 0) is 18.8 Å². The van der Waals surface area contributed by atoms with E-state index in [1.165, 1.54) is 12.8 Å². The molecule has 1 aliphatic carbocycles. The second-order valence-electron chi connectivity index (χ2n) is 4.26. The van der Waals surface area contributed by atoms with E-state index in [0.29, 0.717) is 12.5 Å². The van der Waals surface area contributed by atoms with Gasteiger partial charge < -0.3 is 14.6 Å². The zero-order chi connectivity index (χ0) is 10.1. The molecule has 90 valence electrons. The van der Waals surface area contributed by atoms with Crippen molar-refractivity contribution in [3.8, 4) is 0 Å². The highest BCUT2D eigenvalue weighted by atomic mass is 35.5. The minimum absolute atomic E-state index is 0. The number of ether oxygens (including phenoxy) is 1. The van der Waals surface area contributed by atoms with Crippen LogP contribution in [0, 0.1) is 5.92 Å². The largest absolute Gasteiger partial charge is 0.366 e. The van der Waals surface area contributed by atoms with Crippen LogP contribution in [0.3, 0.4) is 0 Å². The van der Waals surface area contributed by atoms with Crippen LogP contribution in [0.1, 0.15) is 30.7 Å². The average molecular weight is 246 g/mol. The SMILES string of the molecule is C1COC(c2nc(CC3CC3)no2)CN1.Cl. The summed E-state index contributed by atoms with van der Waals surface area (Å²) >= 11 is 0. The zero-order valence-electron chi connectivity index (χ0n) is 9.02. The monoisotopic (exact) mass is 245 g/mol. The molecule has 1 aromatic heterocycles. The number of hydrogen-bond acceptors (Lipinski definition) is 5. The van der Waals surface area contributed by atoms with Gasteiger partial charge in [0.15, 0.2) is 5.82 Å². The first kappa shape index (κ1) is 11.8. The molecule has 3 rings (SSSR count). The van der Waals surface area contributed by atoms with Crippen molar-refractivity contribution < 1.29 is 9.26 Å². The molecule has 1 N–H and O–H groups in total. The van der Waals surface area contributed by atoms with Gasteiger partial charge in [-0.1, -0.05) is 5.16 Å². The van der Waals surface area contributed by atoms with E-state index < -0.39 is 0 Å². The lowest BCUT2D eigenvalue weighted by Gasteiger charge is -2.19. The van der Waals surface area contributed by atoms with Gasteiger partial charge in [0, 0.05) is 19.5 Å². The molecule has 0 spiro atoms. The van der Waals surface area contributed by atoms with E-state index in [9.17, 15) is 0 Å². The van der Waals surface area contributed by atoms with Crippen LogP contribution >= 0.6 is 12.4 Å². The standard InChI is InChI=1S/C10H15N3O2.ClH/c1-2-7(1)5-9-12-10(15-13-9)8-6-11-3-4-14-8;/h7-8,11H,1-6H2;1H. The second kappa shape index (κ2) is 5.12. The summed E-state index contributed by atoms with van der Waals surface area (Å²) < 4.78 is 10.7. The summed E-state index contributed by atoms with van der Waals surface area (Å²) in [5.41, 5.74) is 0. The molecule has 2 fully saturated rings. The Bertz CT molecular complexity index is 335. The fraction of sp³-hybridized carbons (Fsp3) is 0.800. The Kier molecular flexibility index (Phi) is 3.78. The Morgan fingerprint density at radius 1 is 1.38 bits per heavy atom. The van der Waals surface area contributed by atoms with E-state index in [0.717, 1.165) is 31.3 Å². The molecule has 1 unspecified atom stereocenters. The number of nitrogens with zero attached hydrogens (tertiary/aromatic N) is 2. The van der Waals surface area contributed by atoms with Crippen LogP contribution in [0.25, 0.3) is 0 Å². The van der Waals surface area contributed by atoms with E-state index in [1.54, 1.807) is 0 Å². The van der Waals surface area contributed by atoms with Gasteiger partial charge in [-0.25, -0.2) is 0 Å². The molecule has 0 aromatic carbocycles. The first-order valence-electron chi connectivity index (χ1n) is 5.56. The molecule has 1 saturated heterocycles. The summed E-state index contributed by atoms with van der Waals surface area (Å²) in [5.74, 6) is 2.25. The highest BCUT2D eigenvalue weighted by molar-refractivity contribution is 5.85. The van der Waals surface area contributed by atoms with Gasteiger partial charge in [-0.3, -0.25) is 0 Å². The van der Waals surface area contributed by atoms with Crippen LogP contribution in [-0.4, -0.2) is 29.8 Å². The van der Waals surface area contributed by atoms with Crippen molar-refractivity contribution in [1.29, 1.82) is 0 Å². The van der Waals surface area contributed by atoms with Gasteiger partial charge in [-0.2, -0.15) is 4.98 Å². The molecule has 1 saturated carbocycles. The molecule has 1 atom stereocenters. The van der Waals surface area contributed by atoms with Gasteiger partial charge in [0.2, 0.25) is 0 Å². The third kappa shape index (κ3) is 2.72. The van der Waals surface area contributed by atoms with Gasteiger partial charge in [0.05, 0.1) is 6.61 Å². The molecule has 6 heteroatoms. The van der Waals surface area contributed by atoms with Crippen LogP contribution in [0.15, 0.2) is 4.52 Å². The molecule has 1 aromatic rings. The first-order chi connectivity index (χ1) is 7.42. The van der Waals surface area contributed by atoms with Crippen LogP contribution in [0.4, 0.5) is 0 Å². The highest BCUT2D eigenvalue weighted by Crippen LogP contribution is 2.32. The van der Waals surface area contributed by atoms with Crippen molar-refractivity contribution in [2.24, 2.45) is 5.92 Å². The quantitative estimate of drug-likeness (QED) is 0.864. The molecular formula is C10H16ClN3O2. The van der Waals surface area contributed by atoms with E-state index in [1.807, 2.05) is 0 Å². The lowest BCUT2D eigenvalue weighted by atomic mass is 10.3. The van der Waals surface area contributed by atoms with E-state index in [4.69, 9.17) is 9.26 Å². The second-order valence-corrected chi connectivity index (χ2v) is 4.26. The Hall–Kier alpha value is -0.650. The van der Waals surface area contributed by atoms with Gasteiger partial charge in [0.25, 0.3) is 5.89 Å². The van der Waals surface area contributed by atoms with Crippen molar-refractivity contribution >= 4 is 12.4 Å². The Balaban J connectivity index is 0.000000963. The van der Waals surface area contributed by atoms with E-state index in [-0.39, 0.29) is 18.5 Å². The van der Waals surface area contributed by atoms with Gasteiger partial charge in [-0.15, -0.1) is 12.4 Å². The fourth-order valence-electron chi connectivity index (χ4n) is 1.79. The predicted octanol–water partition coefficient (Wildman–Crippen LogP) is 1.10. The van der Waals surface area contributed by atoms with E-state index >= 15 is 0 Å². The minimum Gasteiger partial charge on any atom is -0.366 e. The number of rotatable bonds is 3. The highest BCUT2D eigenvalue weighted by Gasteiger charge is 2.26. The molecule has 2 aliphatic rings. The number of nitrogens with one attached hydrogen (secondary N) is 1. The Labute approximate surface area is 100 Å². The fourth-order valence-corrected chi connectivity index (χ4v) is 1.79. The maximum atomic E-state index is 5.54. The number of hydrogen-bond donors (Lipinski definition) is 1. The molecule has 16 heavy (non-hydrogen) atoms. The molecule has 0 bridgehead atoms. The molecule has 5 nitrogen and oxygen atoms in total. The van der Waals surface area contributed by atoms with Gasteiger partial charge in [0.1, 0.15) is 6.10 Å². The smallest absolute Gasteiger partial charge is 0.257 e. The maximum Gasteiger partial charge on any atom is 0.257 e. The molecule has 0 radical (unpaired) electrons. The third-order valence-corrected chi connectivity index (χ3v) is 2.86. The van der Waals surface area contributed by atoms with Crippen LogP contribution in [0.5, 0.6) is 0 Å². The van der Waals surface area contributed by atoms with Crippen LogP contribution in [-0.2, 0) is 11.2 Å². The third-order valence-electron chi connectivity index (χ3n) is 2.86. The number of morpholine rings is 1. The van der Waals surface area contributed by atoms with Crippen molar-refractivity contribution in [3.05, 3.63) is 11.7 Å². The lowest BCUT2D eigenvalue weighted by Crippen LogP contribution is -2.33. The molecule has 0 amide bonds. The van der Waals surface area contributed by atoms with Crippen molar-refractivity contribution in [3.63, 3.8) is 0 Å². The molecular weight excluding hydrogens is 230 g/mol. The Morgan fingerprint density at radius 3 is 2.94 bits per heavy atom. The summed E-state index contributed by atoms with van der Waals surface area (Å²) in [5, 5.41) is 7.22. The maximum absolute atomic E-state index is 5.54. The topological polar surface area (TPSA) is 60.2 Å². The van der Waals surface area contributed by atoms with Crippen LogP contribution < -0.4 is 5.32 Å². The minimum atomic E-state index is -0.0563. The van der Waals surface area contributed by atoms with Crippen LogP contribution in [0.2, 0.25) is 0 Å². The van der Waals surface area contributed by atoms with Crippen molar-refractivity contribution in [2.45, 2.75) is 25.4 Å². The Morgan fingerprint density at radius 2 is 2.25 bits per heavy atom. The predicted molar refractivity (Wildman–Crippen MR) is 59.5 cm³/mol. The normalized spacial score (nSPS) is 25.1. The zero-order valence-corrected chi connectivity index (χ0v) is 9.83.